The summed E-state index contributed by atoms with van der Waals surface area (Å²) in [6, 6.07) is 12.9. The van der Waals surface area contributed by atoms with Crippen LogP contribution in [-0.4, -0.2) is 36.1 Å². The number of carbonyl (C=O) groups excluding carboxylic acids is 2. The van der Waals surface area contributed by atoms with Crippen LogP contribution in [0, 0.1) is 5.82 Å². The Bertz CT molecular complexity index is 825. The van der Waals surface area contributed by atoms with E-state index < -0.39 is 17.6 Å². The maximum atomic E-state index is 13.8. The number of hydrazone groups is 1. The molecule has 5 nitrogen and oxygen atoms in total. The van der Waals surface area contributed by atoms with Crippen LogP contribution in [0.2, 0.25) is 5.02 Å². The van der Waals surface area contributed by atoms with Gasteiger partial charge in [-0.1, -0.05) is 41.9 Å². The molecule has 0 unspecified atom stereocenters. The average molecular weight is 346 g/mol. The van der Waals surface area contributed by atoms with E-state index in [4.69, 9.17) is 11.6 Å². The minimum atomic E-state index is -0.549. The van der Waals surface area contributed by atoms with Gasteiger partial charge in [-0.15, -0.1) is 0 Å². The number of hydrogen-bond acceptors (Lipinski definition) is 3. The highest BCUT2D eigenvalue weighted by Crippen LogP contribution is 2.21. The van der Waals surface area contributed by atoms with E-state index in [0.717, 1.165) is 9.91 Å². The Morgan fingerprint density at radius 1 is 1.00 bits per heavy atom. The van der Waals surface area contributed by atoms with E-state index in [1.54, 1.807) is 30.3 Å². The summed E-state index contributed by atoms with van der Waals surface area (Å²) in [6.45, 7) is -0.520. The van der Waals surface area contributed by atoms with Gasteiger partial charge < -0.3 is 0 Å². The summed E-state index contributed by atoms with van der Waals surface area (Å²) < 4.78 is 13.8. The summed E-state index contributed by atoms with van der Waals surface area (Å²) in [5.41, 5.74) is 0.724. The van der Waals surface area contributed by atoms with E-state index in [0.29, 0.717) is 10.6 Å². The second-order valence-corrected chi connectivity index (χ2v) is 5.56. The normalized spacial score (nSPS) is 15.4. The van der Waals surface area contributed by atoms with E-state index in [2.05, 4.69) is 5.10 Å². The molecule has 1 aliphatic heterocycles. The number of hydrogen-bond donors (Lipinski definition) is 0. The van der Waals surface area contributed by atoms with Gasteiger partial charge in [0, 0.05) is 10.6 Å². The molecule has 24 heavy (non-hydrogen) atoms. The van der Waals surface area contributed by atoms with Gasteiger partial charge in [0.15, 0.2) is 0 Å². The van der Waals surface area contributed by atoms with Crippen molar-refractivity contribution < 1.29 is 14.0 Å². The molecule has 7 heteroatoms. The van der Waals surface area contributed by atoms with Crippen molar-refractivity contribution in [3.63, 3.8) is 0 Å². The first kappa shape index (κ1) is 16.1. The molecule has 0 radical (unpaired) electrons. The van der Waals surface area contributed by atoms with Crippen LogP contribution in [0.1, 0.15) is 5.56 Å². The molecule has 1 aliphatic rings. The number of benzene rings is 2. The Hall–Kier alpha value is -2.73. The molecule has 1 saturated heterocycles. The van der Waals surface area contributed by atoms with Crippen LogP contribution in [0.15, 0.2) is 53.6 Å². The smallest absolute Gasteiger partial charge is 0.263 e. The predicted octanol–water partition coefficient (Wildman–Crippen LogP) is 2.69. The Morgan fingerprint density at radius 2 is 1.71 bits per heavy atom. The molecule has 1 heterocycles. The lowest BCUT2D eigenvalue weighted by molar-refractivity contribution is -0.138. The van der Waals surface area contributed by atoms with Gasteiger partial charge in [0.1, 0.15) is 18.9 Å². The van der Waals surface area contributed by atoms with Crippen molar-refractivity contribution in [2.75, 3.05) is 18.0 Å². The van der Waals surface area contributed by atoms with Gasteiger partial charge in [0.05, 0.1) is 11.9 Å². The number of piperazine rings is 1. The third kappa shape index (κ3) is 3.28. The fraction of sp³-hybridized carbons (Fsp3) is 0.118. The first-order chi connectivity index (χ1) is 11.6. The fourth-order valence-electron chi connectivity index (χ4n) is 2.31. The number of carbonyl (C=O) groups is 2. The quantitative estimate of drug-likeness (QED) is 0.803. The van der Waals surface area contributed by atoms with Gasteiger partial charge in [-0.05, 0) is 18.2 Å². The number of nitrogens with zero attached hydrogens (tertiary/aromatic N) is 3. The lowest BCUT2D eigenvalue weighted by Gasteiger charge is -2.31. The number of amides is 2. The zero-order chi connectivity index (χ0) is 17.1. The number of anilines is 1. The highest BCUT2D eigenvalue weighted by Gasteiger charge is 2.31. The number of rotatable bonds is 3. The molecule has 1 fully saturated rings. The van der Waals surface area contributed by atoms with Gasteiger partial charge >= 0.3 is 0 Å². The van der Waals surface area contributed by atoms with E-state index in [1.807, 2.05) is 0 Å². The highest BCUT2D eigenvalue weighted by molar-refractivity contribution is 6.33. The monoisotopic (exact) mass is 345 g/mol. The molecular weight excluding hydrogens is 333 g/mol. The van der Waals surface area contributed by atoms with Crippen molar-refractivity contribution >= 4 is 35.3 Å². The van der Waals surface area contributed by atoms with Gasteiger partial charge in [0.25, 0.3) is 5.91 Å². The average Bonchev–Trinajstić information content (AvgIpc) is 2.57. The zero-order valence-corrected chi connectivity index (χ0v) is 13.3. The van der Waals surface area contributed by atoms with Crippen molar-refractivity contribution in [2.45, 2.75) is 0 Å². The van der Waals surface area contributed by atoms with Crippen molar-refractivity contribution in [3.8, 4) is 0 Å². The topological polar surface area (TPSA) is 53.0 Å². The van der Waals surface area contributed by atoms with E-state index >= 15 is 0 Å². The fourth-order valence-corrected chi connectivity index (χ4v) is 2.50. The molecule has 2 aromatic carbocycles. The largest absolute Gasteiger partial charge is 0.298 e. The Morgan fingerprint density at radius 3 is 2.46 bits per heavy atom. The molecule has 0 N–H and O–H groups in total. The van der Waals surface area contributed by atoms with Crippen LogP contribution in [-0.2, 0) is 9.59 Å². The molecule has 2 aromatic rings. The molecule has 0 saturated carbocycles. The van der Waals surface area contributed by atoms with Gasteiger partial charge in [-0.2, -0.15) is 5.10 Å². The van der Waals surface area contributed by atoms with Crippen LogP contribution >= 0.6 is 11.6 Å². The molecule has 0 aliphatic carbocycles. The molecule has 0 aromatic heterocycles. The second-order valence-electron chi connectivity index (χ2n) is 5.15. The maximum Gasteiger partial charge on any atom is 0.263 e. The molecular formula is C17H13ClFN3O2. The summed E-state index contributed by atoms with van der Waals surface area (Å²) in [5.74, 6) is -1.36. The second kappa shape index (κ2) is 6.80. The summed E-state index contributed by atoms with van der Waals surface area (Å²) in [7, 11) is 0. The SMILES string of the molecule is O=C1CN(c2ccccc2F)C(=O)CN1N=Cc1ccccc1Cl. The lowest BCUT2D eigenvalue weighted by atomic mass is 10.2. The molecule has 3 rings (SSSR count). The summed E-state index contributed by atoms with van der Waals surface area (Å²) in [4.78, 5) is 25.6. The van der Waals surface area contributed by atoms with Gasteiger partial charge in [-0.25, -0.2) is 9.40 Å². The summed E-state index contributed by atoms with van der Waals surface area (Å²) in [6.07, 6.45) is 1.42. The van der Waals surface area contributed by atoms with E-state index in [1.165, 1.54) is 24.4 Å². The molecule has 0 bridgehead atoms. The maximum absolute atomic E-state index is 13.8. The minimum Gasteiger partial charge on any atom is -0.298 e. The van der Waals surface area contributed by atoms with Crippen molar-refractivity contribution in [1.29, 1.82) is 0 Å². The van der Waals surface area contributed by atoms with Crippen LogP contribution < -0.4 is 4.90 Å². The molecule has 0 atom stereocenters. The number of para-hydroxylation sites is 1. The van der Waals surface area contributed by atoms with Gasteiger partial charge in [0.2, 0.25) is 5.91 Å². The third-order valence-electron chi connectivity index (χ3n) is 3.55. The molecule has 122 valence electrons. The van der Waals surface area contributed by atoms with Crippen LogP contribution in [0.3, 0.4) is 0 Å². The highest BCUT2D eigenvalue weighted by atomic mass is 35.5. The minimum absolute atomic E-state index is 0.0885. The van der Waals surface area contributed by atoms with E-state index in [-0.39, 0.29) is 18.8 Å². The zero-order valence-electron chi connectivity index (χ0n) is 12.5. The van der Waals surface area contributed by atoms with E-state index in [9.17, 15) is 14.0 Å². The van der Waals surface area contributed by atoms with Gasteiger partial charge in [-0.3, -0.25) is 14.5 Å². The van der Waals surface area contributed by atoms with Crippen molar-refractivity contribution in [1.82, 2.24) is 5.01 Å². The third-order valence-corrected chi connectivity index (χ3v) is 3.90. The van der Waals surface area contributed by atoms with Crippen LogP contribution in [0.25, 0.3) is 0 Å². The van der Waals surface area contributed by atoms with Crippen LogP contribution in [0.5, 0.6) is 0 Å². The Labute approximate surface area is 142 Å². The predicted molar refractivity (Wildman–Crippen MR) is 89.5 cm³/mol. The van der Waals surface area contributed by atoms with Crippen molar-refractivity contribution in [3.05, 3.63) is 64.9 Å². The first-order valence-corrected chi connectivity index (χ1v) is 7.58. The molecule has 0 spiro atoms. The Balaban J connectivity index is 1.77. The molecule has 2 amide bonds. The summed E-state index contributed by atoms with van der Waals surface area (Å²) in [5, 5.41) is 5.58. The standard InChI is InChI=1S/C17H13ClFN3O2/c18-13-6-2-1-5-12(13)9-20-22-11-16(23)21(10-17(22)24)15-8-4-3-7-14(15)19/h1-9H,10-11H2. The van der Waals surface area contributed by atoms with Crippen molar-refractivity contribution in [2.24, 2.45) is 5.10 Å². The number of halogens is 2. The van der Waals surface area contributed by atoms with Crippen LogP contribution in [0.4, 0.5) is 10.1 Å². The Kier molecular flexibility index (Phi) is 4.57. The first-order valence-electron chi connectivity index (χ1n) is 7.20. The lowest BCUT2D eigenvalue weighted by Crippen LogP contribution is -2.52. The summed E-state index contributed by atoms with van der Waals surface area (Å²) >= 11 is 6.02.